The zero-order chi connectivity index (χ0) is 13.9. The molecule has 3 amide bonds. The molecule has 0 fully saturated rings. The molecule has 0 saturated heterocycles. The number of amides is 3. The van der Waals surface area contributed by atoms with Crippen LogP contribution in [-0.2, 0) is 0 Å². The number of urea groups is 1. The lowest BCUT2D eigenvalue weighted by atomic mass is 10.3. The number of carbonyl (C=O) groups is 2. The molecule has 1 aliphatic heterocycles. The van der Waals surface area contributed by atoms with Gasteiger partial charge in [0.1, 0.15) is 0 Å². The smallest absolute Gasteiger partial charge is 0.326 e. The van der Waals surface area contributed by atoms with Gasteiger partial charge in [0.15, 0.2) is 11.5 Å². The van der Waals surface area contributed by atoms with Gasteiger partial charge in [0.05, 0.1) is 4.88 Å². The molecule has 3 rings (SSSR count). The Kier molecular flexibility index (Phi) is 3.26. The molecule has 0 spiro atoms. The molecule has 0 bridgehead atoms. The Hall–Kier alpha value is -2.54. The average molecular weight is 290 g/mol. The van der Waals surface area contributed by atoms with Gasteiger partial charge < -0.3 is 14.8 Å². The second-order valence-electron chi connectivity index (χ2n) is 3.95. The fourth-order valence-electron chi connectivity index (χ4n) is 1.71. The van der Waals surface area contributed by atoms with E-state index in [9.17, 15) is 9.59 Å². The van der Waals surface area contributed by atoms with Crippen molar-refractivity contribution in [3.8, 4) is 11.5 Å². The lowest BCUT2D eigenvalue weighted by Crippen LogP contribution is -2.33. The largest absolute Gasteiger partial charge is 0.454 e. The first kappa shape index (κ1) is 12.5. The Labute approximate surface area is 118 Å². The van der Waals surface area contributed by atoms with E-state index in [-0.39, 0.29) is 6.79 Å². The fraction of sp³-hybridized carbons (Fsp3) is 0.0769. The first-order valence-corrected chi connectivity index (χ1v) is 6.66. The van der Waals surface area contributed by atoms with Crippen molar-refractivity contribution < 1.29 is 19.1 Å². The van der Waals surface area contributed by atoms with Crippen LogP contribution in [0.2, 0.25) is 0 Å². The van der Waals surface area contributed by atoms with E-state index >= 15 is 0 Å². The Morgan fingerprint density at radius 3 is 2.80 bits per heavy atom. The summed E-state index contributed by atoms with van der Waals surface area (Å²) in [6, 6.07) is 7.80. The maximum absolute atomic E-state index is 11.7. The van der Waals surface area contributed by atoms with Crippen molar-refractivity contribution in [2.24, 2.45) is 0 Å². The number of carbonyl (C=O) groups excluding carboxylic acids is 2. The van der Waals surface area contributed by atoms with Crippen LogP contribution in [0.25, 0.3) is 0 Å². The van der Waals surface area contributed by atoms with Crippen LogP contribution in [0.4, 0.5) is 10.5 Å². The number of hydrogen-bond donors (Lipinski definition) is 2. The number of hydrogen-bond acceptors (Lipinski definition) is 5. The molecule has 6 nitrogen and oxygen atoms in total. The topological polar surface area (TPSA) is 76.7 Å². The van der Waals surface area contributed by atoms with Gasteiger partial charge in [-0.2, -0.15) is 0 Å². The maximum Gasteiger partial charge on any atom is 0.326 e. The summed E-state index contributed by atoms with van der Waals surface area (Å²) >= 11 is 1.27. The molecule has 20 heavy (non-hydrogen) atoms. The molecule has 2 heterocycles. The molecule has 0 radical (unpaired) electrons. The third kappa shape index (κ3) is 2.57. The monoisotopic (exact) mass is 290 g/mol. The zero-order valence-corrected chi connectivity index (χ0v) is 11.0. The second kappa shape index (κ2) is 5.22. The van der Waals surface area contributed by atoms with Crippen LogP contribution in [0.1, 0.15) is 9.67 Å². The molecule has 0 atom stereocenters. The summed E-state index contributed by atoms with van der Waals surface area (Å²) < 4.78 is 10.4. The SMILES string of the molecule is O=C(NC(=O)c1cccs1)Nc1ccc2c(c1)OCO2. The van der Waals surface area contributed by atoms with E-state index < -0.39 is 11.9 Å². The molecule has 1 aromatic carbocycles. The van der Waals surface area contributed by atoms with Crippen LogP contribution in [-0.4, -0.2) is 18.7 Å². The van der Waals surface area contributed by atoms with Crippen LogP contribution in [0.15, 0.2) is 35.7 Å². The minimum absolute atomic E-state index is 0.168. The van der Waals surface area contributed by atoms with Gasteiger partial charge in [0, 0.05) is 11.8 Å². The quantitative estimate of drug-likeness (QED) is 0.890. The van der Waals surface area contributed by atoms with E-state index in [4.69, 9.17) is 9.47 Å². The van der Waals surface area contributed by atoms with Crippen LogP contribution in [0.3, 0.4) is 0 Å². The number of benzene rings is 1. The third-order valence-corrected chi connectivity index (χ3v) is 3.47. The first-order valence-electron chi connectivity index (χ1n) is 5.78. The number of anilines is 1. The summed E-state index contributed by atoms with van der Waals surface area (Å²) in [5.74, 6) is 0.760. The van der Waals surface area contributed by atoms with Gasteiger partial charge in [-0.05, 0) is 23.6 Å². The van der Waals surface area contributed by atoms with E-state index in [1.165, 1.54) is 11.3 Å². The van der Waals surface area contributed by atoms with Crippen molar-refractivity contribution in [1.29, 1.82) is 0 Å². The van der Waals surface area contributed by atoms with E-state index in [2.05, 4.69) is 10.6 Å². The first-order chi connectivity index (χ1) is 9.72. The highest BCUT2D eigenvalue weighted by Crippen LogP contribution is 2.34. The predicted molar refractivity (Wildman–Crippen MR) is 73.4 cm³/mol. The van der Waals surface area contributed by atoms with Crippen LogP contribution < -0.4 is 20.1 Å². The van der Waals surface area contributed by atoms with Crippen LogP contribution in [0.5, 0.6) is 11.5 Å². The molecule has 0 saturated carbocycles. The summed E-state index contributed by atoms with van der Waals surface area (Å²) in [4.78, 5) is 23.9. The van der Waals surface area contributed by atoms with Crippen molar-refractivity contribution in [3.05, 3.63) is 40.6 Å². The Morgan fingerprint density at radius 1 is 1.15 bits per heavy atom. The number of fused-ring (bicyclic) bond motifs is 1. The van der Waals surface area contributed by atoms with Crippen molar-refractivity contribution in [1.82, 2.24) is 5.32 Å². The van der Waals surface area contributed by atoms with Gasteiger partial charge in [0.25, 0.3) is 5.91 Å². The van der Waals surface area contributed by atoms with E-state index in [0.29, 0.717) is 22.1 Å². The highest BCUT2D eigenvalue weighted by molar-refractivity contribution is 7.12. The lowest BCUT2D eigenvalue weighted by molar-refractivity contribution is 0.0971. The molecule has 1 aromatic heterocycles. The fourth-order valence-corrected chi connectivity index (χ4v) is 2.33. The summed E-state index contributed by atoms with van der Waals surface area (Å²) in [6.45, 7) is 0.168. The standard InChI is InChI=1S/C13H10N2O4S/c16-12(11-2-1-5-20-11)15-13(17)14-8-3-4-9-10(6-8)19-7-18-9/h1-6H,7H2,(H2,14,15,16,17). The molecule has 2 aromatic rings. The number of thiophene rings is 1. The van der Waals surface area contributed by atoms with Crippen molar-refractivity contribution in [3.63, 3.8) is 0 Å². The van der Waals surface area contributed by atoms with Gasteiger partial charge in [0.2, 0.25) is 6.79 Å². The third-order valence-electron chi connectivity index (χ3n) is 2.60. The molecule has 102 valence electrons. The molecule has 1 aliphatic rings. The van der Waals surface area contributed by atoms with Gasteiger partial charge in [-0.25, -0.2) is 4.79 Å². The molecular formula is C13H10N2O4S. The summed E-state index contributed by atoms with van der Waals surface area (Å²) in [6.07, 6.45) is 0. The highest BCUT2D eigenvalue weighted by Gasteiger charge is 2.15. The van der Waals surface area contributed by atoms with Crippen molar-refractivity contribution in [2.45, 2.75) is 0 Å². The number of imide groups is 1. The molecular weight excluding hydrogens is 280 g/mol. The Balaban J connectivity index is 1.63. The van der Waals surface area contributed by atoms with Crippen molar-refractivity contribution >= 4 is 29.0 Å². The van der Waals surface area contributed by atoms with E-state index in [1.54, 1.807) is 35.7 Å². The summed E-state index contributed by atoms with van der Waals surface area (Å²) in [5, 5.41) is 6.58. The van der Waals surface area contributed by atoms with Crippen LogP contribution in [0, 0.1) is 0 Å². The van der Waals surface area contributed by atoms with Crippen molar-refractivity contribution in [2.75, 3.05) is 12.1 Å². The highest BCUT2D eigenvalue weighted by atomic mass is 32.1. The van der Waals surface area contributed by atoms with E-state index in [1.807, 2.05) is 0 Å². The second-order valence-corrected chi connectivity index (χ2v) is 4.90. The van der Waals surface area contributed by atoms with Gasteiger partial charge in [-0.1, -0.05) is 6.07 Å². The Morgan fingerprint density at radius 2 is 2.00 bits per heavy atom. The lowest BCUT2D eigenvalue weighted by Gasteiger charge is -2.06. The Bertz CT molecular complexity index is 654. The molecule has 0 aliphatic carbocycles. The zero-order valence-electron chi connectivity index (χ0n) is 10.2. The van der Waals surface area contributed by atoms with Crippen LogP contribution >= 0.6 is 11.3 Å². The average Bonchev–Trinajstić information content (AvgIpc) is 3.09. The number of rotatable bonds is 2. The van der Waals surface area contributed by atoms with Gasteiger partial charge >= 0.3 is 6.03 Å². The number of nitrogens with one attached hydrogen (secondary N) is 2. The maximum atomic E-state index is 11.7. The minimum atomic E-state index is -0.595. The normalized spacial score (nSPS) is 12.0. The summed E-state index contributed by atoms with van der Waals surface area (Å²) in [5.41, 5.74) is 0.519. The molecule has 0 unspecified atom stereocenters. The minimum Gasteiger partial charge on any atom is -0.454 e. The number of ether oxygens (including phenoxy) is 2. The predicted octanol–water partition coefficient (Wildman–Crippen LogP) is 2.44. The summed E-state index contributed by atoms with van der Waals surface area (Å²) in [7, 11) is 0. The van der Waals surface area contributed by atoms with Gasteiger partial charge in [-0.3, -0.25) is 10.1 Å². The molecule has 2 N–H and O–H groups in total. The van der Waals surface area contributed by atoms with E-state index in [0.717, 1.165) is 0 Å². The van der Waals surface area contributed by atoms with Gasteiger partial charge in [-0.15, -0.1) is 11.3 Å². The molecule has 7 heteroatoms.